The maximum absolute atomic E-state index is 5.05. The van der Waals surface area contributed by atoms with Gasteiger partial charge in [-0.2, -0.15) is 0 Å². The van der Waals surface area contributed by atoms with Gasteiger partial charge < -0.3 is 4.74 Å². The number of ether oxygens (including phenoxy) is 1. The van der Waals surface area contributed by atoms with Gasteiger partial charge in [-0.3, -0.25) is 0 Å². The molecule has 0 saturated heterocycles. The van der Waals surface area contributed by atoms with Crippen molar-refractivity contribution in [2.75, 3.05) is 13.2 Å². The van der Waals surface area contributed by atoms with Gasteiger partial charge >= 0.3 is 0 Å². The third kappa shape index (κ3) is 7.26. The van der Waals surface area contributed by atoms with Crippen LogP contribution in [0.25, 0.3) is 0 Å². The average molecular weight is 124 g/mol. The van der Waals surface area contributed by atoms with E-state index in [0.29, 0.717) is 13.2 Å². The molecule has 0 heterocycles. The van der Waals surface area contributed by atoms with Crippen LogP contribution in [0.5, 0.6) is 0 Å². The summed E-state index contributed by atoms with van der Waals surface area (Å²) >= 11 is 0. The number of hydrogen-bond acceptors (Lipinski definition) is 1. The normalized spacial score (nSPS) is 9.11. The lowest BCUT2D eigenvalue weighted by Crippen LogP contribution is -1.89. The molecule has 0 amide bonds. The van der Waals surface area contributed by atoms with E-state index >= 15 is 0 Å². The molecule has 9 heavy (non-hydrogen) atoms. The lowest BCUT2D eigenvalue weighted by Gasteiger charge is -1.89. The zero-order valence-electron chi connectivity index (χ0n) is 5.98. The van der Waals surface area contributed by atoms with E-state index in [-0.39, 0.29) is 0 Å². The summed E-state index contributed by atoms with van der Waals surface area (Å²) in [4.78, 5) is 0. The molecule has 0 N–H and O–H groups in total. The van der Waals surface area contributed by atoms with E-state index in [2.05, 4.69) is 11.8 Å². The summed E-state index contributed by atoms with van der Waals surface area (Å²) < 4.78 is 5.05. The van der Waals surface area contributed by atoms with Gasteiger partial charge in [-0.05, 0) is 13.8 Å². The number of rotatable bonds is 3. The molecular formula is C8H12O. The second-order valence-electron chi connectivity index (χ2n) is 1.51. The first-order chi connectivity index (χ1) is 4.41. The molecule has 1 nitrogen and oxygen atoms in total. The van der Waals surface area contributed by atoms with Gasteiger partial charge in [0.1, 0.15) is 6.61 Å². The molecule has 0 bridgehead atoms. The minimum Gasteiger partial charge on any atom is -0.365 e. The number of allylic oxidation sites excluding steroid dienone is 1. The maximum Gasteiger partial charge on any atom is 0.108 e. The van der Waals surface area contributed by atoms with Gasteiger partial charge in [-0.25, -0.2) is 0 Å². The molecule has 0 atom stereocenters. The molecule has 0 aliphatic heterocycles. The monoisotopic (exact) mass is 124 g/mol. The Morgan fingerprint density at radius 3 is 2.89 bits per heavy atom. The predicted octanol–water partition coefficient (Wildman–Crippen LogP) is 1.60. The maximum atomic E-state index is 5.05. The fraction of sp³-hybridized carbons (Fsp3) is 0.500. The van der Waals surface area contributed by atoms with E-state index in [1.54, 1.807) is 6.92 Å². The van der Waals surface area contributed by atoms with Gasteiger partial charge in [0.25, 0.3) is 0 Å². The van der Waals surface area contributed by atoms with Crippen molar-refractivity contribution in [1.82, 2.24) is 0 Å². The first-order valence-electron chi connectivity index (χ1n) is 3.00. The van der Waals surface area contributed by atoms with E-state index in [9.17, 15) is 0 Å². The molecule has 0 unspecified atom stereocenters. The van der Waals surface area contributed by atoms with Gasteiger partial charge in [-0.1, -0.05) is 18.1 Å². The Morgan fingerprint density at radius 2 is 2.33 bits per heavy atom. The molecule has 0 aromatic carbocycles. The molecule has 0 aliphatic rings. The fourth-order valence-electron chi connectivity index (χ4n) is 0.346. The summed E-state index contributed by atoms with van der Waals surface area (Å²) in [5.74, 6) is 5.55. The molecule has 0 spiro atoms. The Morgan fingerprint density at radius 1 is 1.56 bits per heavy atom. The van der Waals surface area contributed by atoms with Crippen molar-refractivity contribution in [1.29, 1.82) is 0 Å². The Bertz CT molecular complexity index is 125. The van der Waals surface area contributed by atoms with Crippen LogP contribution < -0.4 is 0 Å². The van der Waals surface area contributed by atoms with Gasteiger partial charge in [0.05, 0.1) is 6.61 Å². The van der Waals surface area contributed by atoms with Crippen LogP contribution in [0.2, 0.25) is 0 Å². The van der Waals surface area contributed by atoms with Crippen LogP contribution >= 0.6 is 0 Å². The third-order valence-corrected chi connectivity index (χ3v) is 0.801. The van der Waals surface area contributed by atoms with Crippen molar-refractivity contribution >= 4 is 0 Å². The highest BCUT2D eigenvalue weighted by molar-refractivity contribution is 4.95. The Balaban J connectivity index is 2.97. The van der Waals surface area contributed by atoms with Crippen LogP contribution in [0.15, 0.2) is 12.2 Å². The molecule has 0 aromatic heterocycles. The van der Waals surface area contributed by atoms with Crippen molar-refractivity contribution in [3.63, 3.8) is 0 Å². The minimum atomic E-state index is 0.542. The molecule has 0 aromatic rings. The SMILES string of the molecule is CC#CCOC/C=C\C. The van der Waals surface area contributed by atoms with Crippen molar-refractivity contribution < 1.29 is 4.74 Å². The second-order valence-corrected chi connectivity index (χ2v) is 1.51. The molecule has 0 saturated carbocycles. The lowest BCUT2D eigenvalue weighted by molar-refractivity contribution is 0.199. The predicted molar refractivity (Wildman–Crippen MR) is 39.1 cm³/mol. The molecule has 1 heteroatoms. The molecular weight excluding hydrogens is 112 g/mol. The van der Waals surface area contributed by atoms with E-state index < -0.39 is 0 Å². The van der Waals surface area contributed by atoms with Crippen molar-refractivity contribution in [3.05, 3.63) is 12.2 Å². The van der Waals surface area contributed by atoms with Gasteiger partial charge in [0.15, 0.2) is 0 Å². The van der Waals surface area contributed by atoms with Crippen LogP contribution in [0.1, 0.15) is 13.8 Å². The highest BCUT2D eigenvalue weighted by Crippen LogP contribution is 1.74. The highest BCUT2D eigenvalue weighted by atomic mass is 16.5. The summed E-state index contributed by atoms with van der Waals surface area (Å²) in [6, 6.07) is 0. The summed E-state index contributed by atoms with van der Waals surface area (Å²) in [6.45, 7) is 4.99. The third-order valence-electron chi connectivity index (χ3n) is 0.801. The summed E-state index contributed by atoms with van der Waals surface area (Å²) in [7, 11) is 0. The van der Waals surface area contributed by atoms with Gasteiger partial charge in [0.2, 0.25) is 0 Å². The minimum absolute atomic E-state index is 0.542. The summed E-state index contributed by atoms with van der Waals surface area (Å²) in [6.07, 6.45) is 3.91. The van der Waals surface area contributed by atoms with E-state index in [0.717, 1.165) is 0 Å². The molecule has 50 valence electrons. The van der Waals surface area contributed by atoms with Crippen LogP contribution in [0.4, 0.5) is 0 Å². The quantitative estimate of drug-likeness (QED) is 0.315. The van der Waals surface area contributed by atoms with E-state index in [1.165, 1.54) is 0 Å². The topological polar surface area (TPSA) is 9.23 Å². The first-order valence-corrected chi connectivity index (χ1v) is 3.00. The standard InChI is InChI=1S/C8H12O/c1-3-5-7-9-8-6-4-2/h3,5H,7-8H2,1-2H3/b5-3-. The van der Waals surface area contributed by atoms with Crippen molar-refractivity contribution in [2.45, 2.75) is 13.8 Å². The Hall–Kier alpha value is -0.740. The smallest absolute Gasteiger partial charge is 0.108 e. The van der Waals surface area contributed by atoms with Gasteiger partial charge in [-0.15, -0.1) is 5.92 Å². The second kappa shape index (κ2) is 7.26. The summed E-state index contributed by atoms with van der Waals surface area (Å²) in [5, 5.41) is 0. The van der Waals surface area contributed by atoms with Crippen LogP contribution in [-0.4, -0.2) is 13.2 Å². The Kier molecular flexibility index (Phi) is 6.66. The lowest BCUT2D eigenvalue weighted by atomic mass is 10.5. The highest BCUT2D eigenvalue weighted by Gasteiger charge is 1.73. The fourth-order valence-corrected chi connectivity index (χ4v) is 0.346. The van der Waals surface area contributed by atoms with Crippen LogP contribution in [0, 0.1) is 11.8 Å². The molecule has 0 fully saturated rings. The Labute approximate surface area is 56.7 Å². The largest absolute Gasteiger partial charge is 0.365 e. The van der Waals surface area contributed by atoms with Crippen LogP contribution in [0.3, 0.4) is 0 Å². The first kappa shape index (κ1) is 8.26. The van der Waals surface area contributed by atoms with E-state index in [4.69, 9.17) is 4.74 Å². The molecule has 0 rings (SSSR count). The molecule has 0 aliphatic carbocycles. The summed E-state index contributed by atoms with van der Waals surface area (Å²) in [5.41, 5.74) is 0. The van der Waals surface area contributed by atoms with Gasteiger partial charge in [0, 0.05) is 0 Å². The number of hydrogen-bond donors (Lipinski definition) is 0. The zero-order valence-corrected chi connectivity index (χ0v) is 5.98. The van der Waals surface area contributed by atoms with Crippen molar-refractivity contribution in [3.8, 4) is 11.8 Å². The average Bonchev–Trinajstić information content (AvgIpc) is 1.89. The van der Waals surface area contributed by atoms with E-state index in [1.807, 2.05) is 19.1 Å². The zero-order chi connectivity index (χ0) is 6.95. The van der Waals surface area contributed by atoms with Crippen LogP contribution in [-0.2, 0) is 4.74 Å². The van der Waals surface area contributed by atoms with Crippen molar-refractivity contribution in [2.24, 2.45) is 0 Å². The molecule has 0 radical (unpaired) electrons.